The van der Waals surface area contributed by atoms with E-state index in [1.54, 1.807) is 0 Å². The fourth-order valence-corrected chi connectivity index (χ4v) is 7.01. The van der Waals surface area contributed by atoms with Crippen molar-refractivity contribution in [3.05, 3.63) is 0 Å². The topological polar surface area (TPSA) is 37.3 Å². The lowest BCUT2D eigenvalue weighted by molar-refractivity contribution is -0.142. The van der Waals surface area contributed by atoms with Crippen LogP contribution in [0, 0.1) is 34.5 Å². The Morgan fingerprint density at radius 1 is 1.00 bits per heavy atom. The average Bonchev–Trinajstić information content (AvgIpc) is 2.76. The van der Waals surface area contributed by atoms with Gasteiger partial charge in [0.15, 0.2) is 0 Å². The monoisotopic (exact) mass is 290 g/mol. The summed E-state index contributed by atoms with van der Waals surface area (Å²) in [4.78, 5) is 12.4. The van der Waals surface area contributed by atoms with E-state index in [9.17, 15) is 9.90 Å². The number of carbonyl (C=O) groups excluding carboxylic acids is 1. The van der Waals surface area contributed by atoms with Gasteiger partial charge >= 0.3 is 0 Å². The van der Waals surface area contributed by atoms with Gasteiger partial charge in [-0.25, -0.2) is 0 Å². The molecule has 0 amide bonds. The zero-order chi connectivity index (χ0) is 14.8. The molecule has 21 heavy (non-hydrogen) atoms. The molecule has 1 N–H and O–H groups in total. The van der Waals surface area contributed by atoms with E-state index in [-0.39, 0.29) is 11.5 Å². The second-order valence-electron chi connectivity index (χ2n) is 9.00. The number of fused-ring (bicyclic) bond motifs is 5. The average molecular weight is 290 g/mol. The maximum atomic E-state index is 12.4. The molecule has 0 aliphatic heterocycles. The van der Waals surface area contributed by atoms with Crippen molar-refractivity contribution in [2.45, 2.75) is 77.7 Å². The van der Waals surface area contributed by atoms with Crippen LogP contribution in [-0.2, 0) is 4.79 Å². The number of rotatable bonds is 0. The summed E-state index contributed by atoms with van der Waals surface area (Å²) in [5.74, 6) is 3.54. The quantitative estimate of drug-likeness (QED) is 0.733. The standard InChI is InChI=1S/C19H30O2/c1-18-9-7-13(20)11-12(18)3-4-14-15-5-6-17(21)19(15,2)10-8-16(14)18/h12-16,20H,3-11H2,1-2H3/t12?,13?,14?,15?,16?,18-,19-/m0/s1. The Kier molecular flexibility index (Phi) is 3.10. The Bertz CT molecular complexity index is 458. The highest BCUT2D eigenvalue weighted by Crippen LogP contribution is 2.65. The van der Waals surface area contributed by atoms with Gasteiger partial charge in [0, 0.05) is 11.8 Å². The first kappa shape index (κ1) is 14.2. The van der Waals surface area contributed by atoms with Gasteiger partial charge in [0.1, 0.15) is 5.78 Å². The second kappa shape index (κ2) is 4.57. The Morgan fingerprint density at radius 3 is 2.62 bits per heavy atom. The second-order valence-corrected chi connectivity index (χ2v) is 9.00. The van der Waals surface area contributed by atoms with Gasteiger partial charge < -0.3 is 5.11 Å². The van der Waals surface area contributed by atoms with Crippen LogP contribution in [0.2, 0.25) is 0 Å². The van der Waals surface area contributed by atoms with Crippen LogP contribution in [0.25, 0.3) is 0 Å². The molecule has 0 heterocycles. The van der Waals surface area contributed by atoms with Crippen LogP contribution in [0.5, 0.6) is 0 Å². The molecule has 0 aromatic heterocycles. The van der Waals surface area contributed by atoms with Crippen molar-refractivity contribution >= 4 is 5.78 Å². The number of ketones is 1. The third-order valence-electron chi connectivity index (χ3n) is 8.35. The molecule has 5 unspecified atom stereocenters. The van der Waals surface area contributed by atoms with Crippen molar-refractivity contribution in [1.82, 2.24) is 0 Å². The summed E-state index contributed by atoms with van der Waals surface area (Å²) in [5.41, 5.74) is 0.452. The number of aliphatic hydroxyl groups excluding tert-OH is 1. The van der Waals surface area contributed by atoms with Gasteiger partial charge in [-0.3, -0.25) is 4.79 Å². The highest BCUT2D eigenvalue weighted by Gasteiger charge is 2.60. The Hall–Kier alpha value is -0.370. The van der Waals surface area contributed by atoms with Crippen molar-refractivity contribution < 1.29 is 9.90 Å². The first-order chi connectivity index (χ1) is 9.95. The van der Waals surface area contributed by atoms with E-state index in [1.807, 2.05) is 0 Å². The largest absolute Gasteiger partial charge is 0.393 e. The molecule has 0 radical (unpaired) electrons. The SMILES string of the molecule is C[C@]12CCC(O)CC1CCC1C2CC[C@]2(C)C(=O)CCC12. The molecule has 4 aliphatic rings. The first-order valence-corrected chi connectivity index (χ1v) is 9.16. The van der Waals surface area contributed by atoms with E-state index in [2.05, 4.69) is 13.8 Å². The van der Waals surface area contributed by atoms with Crippen LogP contribution in [-0.4, -0.2) is 17.0 Å². The minimum Gasteiger partial charge on any atom is -0.393 e. The van der Waals surface area contributed by atoms with E-state index in [0.29, 0.717) is 17.1 Å². The Balaban J connectivity index is 1.64. The fourth-order valence-electron chi connectivity index (χ4n) is 7.01. The molecule has 4 aliphatic carbocycles. The van der Waals surface area contributed by atoms with Crippen molar-refractivity contribution in [3.8, 4) is 0 Å². The molecule has 0 spiro atoms. The van der Waals surface area contributed by atoms with Gasteiger partial charge in [0.25, 0.3) is 0 Å². The summed E-state index contributed by atoms with van der Waals surface area (Å²) in [6.45, 7) is 4.78. The molecular formula is C19H30O2. The van der Waals surface area contributed by atoms with Crippen LogP contribution < -0.4 is 0 Å². The number of aliphatic hydroxyl groups is 1. The molecule has 4 fully saturated rings. The maximum Gasteiger partial charge on any atom is 0.139 e. The molecule has 0 bridgehead atoms. The summed E-state index contributed by atoms with van der Waals surface area (Å²) < 4.78 is 0. The van der Waals surface area contributed by atoms with Crippen LogP contribution in [0.4, 0.5) is 0 Å². The van der Waals surface area contributed by atoms with Gasteiger partial charge in [-0.2, -0.15) is 0 Å². The normalized spacial score (nSPS) is 56.5. The van der Waals surface area contributed by atoms with Crippen molar-refractivity contribution in [1.29, 1.82) is 0 Å². The molecule has 0 aromatic carbocycles. The zero-order valence-electron chi connectivity index (χ0n) is 13.6. The molecule has 4 rings (SSSR count). The molecule has 7 atom stereocenters. The fraction of sp³-hybridized carbons (Fsp3) is 0.947. The minimum absolute atomic E-state index is 0.0124. The van der Waals surface area contributed by atoms with Gasteiger partial charge in [-0.05, 0) is 80.5 Å². The van der Waals surface area contributed by atoms with Crippen molar-refractivity contribution in [2.24, 2.45) is 34.5 Å². The van der Waals surface area contributed by atoms with Crippen LogP contribution >= 0.6 is 0 Å². The summed E-state index contributed by atoms with van der Waals surface area (Å²) >= 11 is 0. The van der Waals surface area contributed by atoms with Crippen LogP contribution in [0.15, 0.2) is 0 Å². The van der Waals surface area contributed by atoms with E-state index in [4.69, 9.17) is 0 Å². The Labute approximate surface area is 128 Å². The Morgan fingerprint density at radius 2 is 1.81 bits per heavy atom. The molecule has 0 saturated heterocycles. The van der Waals surface area contributed by atoms with Crippen molar-refractivity contribution in [3.63, 3.8) is 0 Å². The summed E-state index contributed by atoms with van der Waals surface area (Å²) in [7, 11) is 0. The predicted octanol–water partition coefficient (Wildman–Crippen LogP) is 3.96. The van der Waals surface area contributed by atoms with E-state index in [1.165, 1.54) is 25.7 Å². The van der Waals surface area contributed by atoms with Gasteiger partial charge in [-0.1, -0.05) is 13.8 Å². The molecule has 4 saturated carbocycles. The molecule has 118 valence electrons. The number of hydrogen-bond acceptors (Lipinski definition) is 2. The molecule has 2 heteroatoms. The van der Waals surface area contributed by atoms with Gasteiger partial charge in [0.05, 0.1) is 6.10 Å². The summed E-state index contributed by atoms with van der Waals surface area (Å²) in [6, 6.07) is 0. The summed E-state index contributed by atoms with van der Waals surface area (Å²) in [5, 5.41) is 10.0. The zero-order valence-corrected chi connectivity index (χ0v) is 13.6. The third kappa shape index (κ3) is 1.84. The van der Waals surface area contributed by atoms with Crippen molar-refractivity contribution in [2.75, 3.05) is 0 Å². The third-order valence-corrected chi connectivity index (χ3v) is 8.35. The summed E-state index contributed by atoms with van der Waals surface area (Å²) in [6.07, 6.45) is 10.1. The van der Waals surface area contributed by atoms with Gasteiger partial charge in [-0.15, -0.1) is 0 Å². The molecule has 0 aromatic rings. The molecular weight excluding hydrogens is 260 g/mol. The molecule has 2 nitrogen and oxygen atoms in total. The smallest absolute Gasteiger partial charge is 0.139 e. The number of Topliss-reactive ketones (excluding diaryl/α,β-unsaturated/α-hetero) is 1. The van der Waals surface area contributed by atoms with Crippen LogP contribution in [0.1, 0.15) is 71.6 Å². The lowest BCUT2D eigenvalue weighted by atomic mass is 9.45. The number of carbonyl (C=O) groups is 1. The number of hydrogen-bond donors (Lipinski definition) is 1. The van der Waals surface area contributed by atoms with Crippen LogP contribution in [0.3, 0.4) is 0 Å². The minimum atomic E-state index is -0.0541. The highest BCUT2D eigenvalue weighted by atomic mass is 16.3. The van der Waals surface area contributed by atoms with Gasteiger partial charge in [0.2, 0.25) is 0 Å². The lowest BCUT2D eigenvalue weighted by Crippen LogP contribution is -2.54. The highest BCUT2D eigenvalue weighted by molar-refractivity contribution is 5.87. The van der Waals surface area contributed by atoms with E-state index in [0.717, 1.165) is 49.9 Å². The first-order valence-electron chi connectivity index (χ1n) is 9.16. The van der Waals surface area contributed by atoms with E-state index >= 15 is 0 Å². The lowest BCUT2D eigenvalue weighted by Gasteiger charge is -2.60. The predicted molar refractivity (Wildman–Crippen MR) is 82.7 cm³/mol. The maximum absolute atomic E-state index is 12.4. The van der Waals surface area contributed by atoms with E-state index < -0.39 is 0 Å².